The number of nitrogens with zero attached hydrogens (tertiary/aromatic N) is 5. The van der Waals surface area contributed by atoms with Gasteiger partial charge in [0.15, 0.2) is 17.3 Å². The molecule has 0 spiro atoms. The number of primary amides is 1. The Kier molecular flexibility index (Phi) is 8.98. The minimum atomic E-state index is -0.998. The lowest BCUT2D eigenvalue weighted by molar-refractivity contribution is -0.155. The molecule has 1 aliphatic rings. The molecule has 3 N–H and O–H groups in total. The zero-order chi connectivity index (χ0) is 33.5. The number of hydrogen-bond acceptors (Lipinski definition) is 8. The van der Waals surface area contributed by atoms with Crippen molar-refractivity contribution in [3.63, 3.8) is 0 Å². The summed E-state index contributed by atoms with van der Waals surface area (Å²) in [6.45, 7) is 9.22. The number of aromatic nitrogens is 4. The van der Waals surface area contributed by atoms with Gasteiger partial charge in [-0.25, -0.2) is 18.4 Å². The van der Waals surface area contributed by atoms with Crippen molar-refractivity contribution < 1.29 is 27.9 Å². The maximum absolute atomic E-state index is 15.8. The molecule has 3 aromatic heterocycles. The molecule has 0 saturated heterocycles. The molecule has 242 valence electrons. The molecule has 11 nitrogen and oxygen atoms in total. The van der Waals surface area contributed by atoms with Crippen LogP contribution < -0.4 is 11.1 Å². The summed E-state index contributed by atoms with van der Waals surface area (Å²) in [5.74, 6) is -2.97. The fraction of sp³-hybridized carbons (Fsp3) is 0.375. The molecule has 14 heteroatoms. The maximum atomic E-state index is 15.8. The molecule has 5 rings (SSSR count). The normalized spacial score (nSPS) is 13.8. The van der Waals surface area contributed by atoms with Gasteiger partial charge in [-0.3, -0.25) is 19.4 Å². The Labute approximate surface area is 269 Å². The lowest BCUT2D eigenvalue weighted by Crippen LogP contribution is -2.45. The van der Waals surface area contributed by atoms with Crippen LogP contribution in [0.3, 0.4) is 0 Å². The Morgan fingerprint density at radius 3 is 2.57 bits per heavy atom. The minimum absolute atomic E-state index is 0.0281. The largest absolute Gasteiger partial charge is 0.460 e. The van der Waals surface area contributed by atoms with E-state index in [1.165, 1.54) is 11.1 Å². The molecule has 46 heavy (non-hydrogen) atoms. The van der Waals surface area contributed by atoms with E-state index in [0.717, 1.165) is 17.8 Å². The average Bonchev–Trinajstić information content (AvgIpc) is 3.48. The van der Waals surface area contributed by atoms with E-state index in [1.54, 1.807) is 37.6 Å². The smallest absolute Gasteiger partial charge is 0.306 e. The number of carbonyl (C=O) groups excluding carboxylic acids is 3. The molecule has 2 amide bonds. The van der Waals surface area contributed by atoms with Gasteiger partial charge in [-0.2, -0.15) is 5.10 Å². The fourth-order valence-corrected chi connectivity index (χ4v) is 5.65. The van der Waals surface area contributed by atoms with E-state index in [4.69, 9.17) is 22.1 Å². The second kappa shape index (κ2) is 12.6. The van der Waals surface area contributed by atoms with Crippen molar-refractivity contribution in [3.05, 3.63) is 70.0 Å². The van der Waals surface area contributed by atoms with Gasteiger partial charge in [-0.1, -0.05) is 23.7 Å². The summed E-state index contributed by atoms with van der Waals surface area (Å²) in [7, 11) is 0. The van der Waals surface area contributed by atoms with Crippen LogP contribution in [-0.2, 0) is 27.4 Å². The highest BCUT2D eigenvalue weighted by Crippen LogP contribution is 2.37. The van der Waals surface area contributed by atoms with Gasteiger partial charge in [-0.05, 0) is 64.3 Å². The number of fused-ring (bicyclic) bond motifs is 2. The van der Waals surface area contributed by atoms with Crippen LogP contribution in [0.1, 0.15) is 68.9 Å². The number of halogens is 3. The molecule has 0 saturated carbocycles. The summed E-state index contributed by atoms with van der Waals surface area (Å²) in [5.41, 5.74) is 7.23. The first-order valence-corrected chi connectivity index (χ1v) is 15.1. The van der Waals surface area contributed by atoms with Crippen LogP contribution in [0.4, 0.5) is 14.6 Å². The number of anilines is 1. The number of ether oxygens (including phenoxy) is 1. The van der Waals surface area contributed by atoms with Crippen molar-refractivity contribution >= 4 is 46.2 Å². The Morgan fingerprint density at radius 2 is 1.91 bits per heavy atom. The highest BCUT2D eigenvalue weighted by atomic mass is 35.5. The van der Waals surface area contributed by atoms with Crippen molar-refractivity contribution in [3.8, 4) is 11.3 Å². The Morgan fingerprint density at radius 1 is 1.17 bits per heavy atom. The monoisotopic (exact) mass is 653 g/mol. The Balaban J connectivity index is 1.44. The van der Waals surface area contributed by atoms with Gasteiger partial charge in [0, 0.05) is 24.6 Å². The molecule has 0 radical (unpaired) electrons. The second-order valence-corrected chi connectivity index (χ2v) is 12.8. The van der Waals surface area contributed by atoms with Gasteiger partial charge < -0.3 is 20.7 Å². The van der Waals surface area contributed by atoms with Gasteiger partial charge >= 0.3 is 5.97 Å². The zero-order valence-electron chi connectivity index (χ0n) is 26.0. The van der Waals surface area contributed by atoms with E-state index >= 15 is 4.39 Å². The quantitative estimate of drug-likeness (QED) is 0.222. The summed E-state index contributed by atoms with van der Waals surface area (Å²) in [4.78, 5) is 47.9. The average molecular weight is 654 g/mol. The lowest BCUT2D eigenvalue weighted by atomic mass is 10.1. The number of amides is 2. The molecular weight excluding hydrogens is 620 g/mol. The van der Waals surface area contributed by atoms with Crippen LogP contribution in [0.5, 0.6) is 0 Å². The number of rotatable bonds is 10. The molecule has 1 aliphatic heterocycles. The molecule has 0 aliphatic carbocycles. The van der Waals surface area contributed by atoms with Gasteiger partial charge in [0.1, 0.15) is 17.5 Å². The van der Waals surface area contributed by atoms with Crippen LogP contribution >= 0.6 is 11.6 Å². The zero-order valence-corrected chi connectivity index (χ0v) is 26.8. The standard InChI is InChI=1S/C32H34ClF2N7O4/c1-16(2)39-29-26(35)25(27-22(33)11-19(34)12-37-27)21-13-38-42(30(21)40-29)14-17-6-7-20-18(10-17)15-41(31(20)45)23(28(36)44)8-9-24(43)46-32(3,4)5/h6-7,10-13,16,23H,8-9,14-15H2,1-5H3,(H2,36,44)(H,39,40)/t23-/m0/s1. The summed E-state index contributed by atoms with van der Waals surface area (Å²) in [6.07, 6.45) is 2.36. The molecule has 0 bridgehead atoms. The fourth-order valence-electron chi connectivity index (χ4n) is 5.40. The number of benzene rings is 1. The first-order valence-electron chi connectivity index (χ1n) is 14.7. The molecule has 1 atom stereocenters. The Hall–Kier alpha value is -4.65. The lowest BCUT2D eigenvalue weighted by Gasteiger charge is -2.25. The van der Waals surface area contributed by atoms with Crippen molar-refractivity contribution in [1.82, 2.24) is 24.6 Å². The number of hydrogen-bond donors (Lipinski definition) is 2. The summed E-state index contributed by atoms with van der Waals surface area (Å²) >= 11 is 6.29. The molecular formula is C32H34ClF2N7O4. The third-order valence-electron chi connectivity index (χ3n) is 7.28. The van der Waals surface area contributed by atoms with Crippen LogP contribution in [-0.4, -0.2) is 60.1 Å². The number of esters is 1. The number of pyridine rings is 2. The first kappa shape index (κ1) is 32.7. The van der Waals surface area contributed by atoms with Crippen molar-refractivity contribution in [1.29, 1.82) is 0 Å². The Bertz CT molecular complexity index is 1850. The number of nitrogens with two attached hydrogens (primary N) is 1. The third kappa shape index (κ3) is 6.79. The minimum Gasteiger partial charge on any atom is -0.460 e. The SMILES string of the molecule is CC(C)Nc1nc2c(cnn2Cc2ccc3c(c2)CN([C@@H](CCC(=O)OC(C)(C)C)C(N)=O)C3=O)c(-c2ncc(F)cc2Cl)c1F. The van der Waals surface area contributed by atoms with Crippen LogP contribution in [0.2, 0.25) is 5.02 Å². The van der Waals surface area contributed by atoms with Crippen molar-refractivity contribution in [2.24, 2.45) is 5.73 Å². The van der Waals surface area contributed by atoms with Crippen LogP contribution in [0, 0.1) is 11.6 Å². The first-order chi connectivity index (χ1) is 21.6. The third-order valence-corrected chi connectivity index (χ3v) is 7.56. The van der Waals surface area contributed by atoms with E-state index < -0.39 is 35.2 Å². The van der Waals surface area contributed by atoms with E-state index in [9.17, 15) is 18.8 Å². The summed E-state index contributed by atoms with van der Waals surface area (Å²) in [5, 5.41) is 7.71. The molecule has 1 aromatic carbocycles. The molecule has 4 heterocycles. The number of carbonyl (C=O) groups is 3. The number of nitrogens with one attached hydrogen (secondary N) is 1. The molecule has 0 fully saturated rings. The van der Waals surface area contributed by atoms with E-state index in [1.807, 2.05) is 19.9 Å². The van der Waals surface area contributed by atoms with Crippen LogP contribution in [0.25, 0.3) is 22.3 Å². The van der Waals surface area contributed by atoms with E-state index in [0.29, 0.717) is 22.2 Å². The van der Waals surface area contributed by atoms with Gasteiger partial charge in [-0.15, -0.1) is 0 Å². The predicted octanol–water partition coefficient (Wildman–Crippen LogP) is 5.23. The summed E-state index contributed by atoms with van der Waals surface area (Å²) in [6, 6.07) is 5.14. The van der Waals surface area contributed by atoms with E-state index in [2.05, 4.69) is 20.4 Å². The van der Waals surface area contributed by atoms with Gasteiger partial charge in [0.05, 0.1) is 40.6 Å². The topological polar surface area (TPSA) is 145 Å². The highest BCUT2D eigenvalue weighted by Gasteiger charge is 2.36. The van der Waals surface area contributed by atoms with Crippen LogP contribution in [0.15, 0.2) is 36.7 Å². The predicted molar refractivity (Wildman–Crippen MR) is 168 cm³/mol. The maximum Gasteiger partial charge on any atom is 0.306 e. The molecule has 0 unspecified atom stereocenters. The van der Waals surface area contributed by atoms with Gasteiger partial charge in [0.25, 0.3) is 5.91 Å². The highest BCUT2D eigenvalue weighted by molar-refractivity contribution is 6.33. The summed E-state index contributed by atoms with van der Waals surface area (Å²) < 4.78 is 36.5. The second-order valence-electron chi connectivity index (χ2n) is 12.4. The van der Waals surface area contributed by atoms with Crippen molar-refractivity contribution in [2.75, 3.05) is 5.32 Å². The van der Waals surface area contributed by atoms with E-state index in [-0.39, 0.29) is 60.0 Å². The van der Waals surface area contributed by atoms with Crippen molar-refractivity contribution in [2.45, 2.75) is 78.2 Å². The molecule has 4 aromatic rings. The van der Waals surface area contributed by atoms with Gasteiger partial charge in [0.2, 0.25) is 5.91 Å².